The number of thiocarbonyl (C=S) groups is 1. The van der Waals surface area contributed by atoms with Crippen molar-refractivity contribution in [2.45, 2.75) is 19.9 Å². The van der Waals surface area contributed by atoms with Crippen LogP contribution in [-0.4, -0.2) is 36.8 Å². The topological polar surface area (TPSA) is 36.5 Å². The van der Waals surface area contributed by atoms with Gasteiger partial charge in [-0.3, -0.25) is 4.90 Å². The zero-order chi connectivity index (χ0) is 18.1. The first-order chi connectivity index (χ1) is 12.2. The Kier molecular flexibility index (Phi) is 7.70. The van der Waals surface area contributed by atoms with Gasteiger partial charge in [0, 0.05) is 12.2 Å². The standard InChI is InChI=1S/C20H27N3OS/c1-4-23(5-2)19(16-9-7-6-8-10-16)15-21-20(25)22-17-11-13-18(24-3)14-12-17/h6-14,19H,4-5,15H2,1-3H3,(H2,21,22,25)/t19-/m0/s1. The molecule has 5 heteroatoms. The molecule has 2 aromatic carbocycles. The van der Waals surface area contributed by atoms with Crippen LogP contribution in [0.2, 0.25) is 0 Å². The van der Waals surface area contributed by atoms with Gasteiger partial charge in [0.05, 0.1) is 13.2 Å². The van der Waals surface area contributed by atoms with Crippen molar-refractivity contribution in [1.29, 1.82) is 0 Å². The van der Waals surface area contributed by atoms with E-state index in [1.807, 2.05) is 30.3 Å². The van der Waals surface area contributed by atoms with Gasteiger partial charge in [-0.2, -0.15) is 0 Å². The number of ether oxygens (including phenoxy) is 1. The van der Waals surface area contributed by atoms with Gasteiger partial charge >= 0.3 is 0 Å². The molecule has 0 heterocycles. The molecule has 0 aliphatic heterocycles. The van der Waals surface area contributed by atoms with Crippen molar-refractivity contribution in [3.05, 3.63) is 60.2 Å². The summed E-state index contributed by atoms with van der Waals surface area (Å²) in [7, 11) is 1.66. The number of hydrogen-bond acceptors (Lipinski definition) is 3. The molecule has 2 N–H and O–H groups in total. The predicted molar refractivity (Wildman–Crippen MR) is 109 cm³/mol. The molecule has 0 aliphatic carbocycles. The highest BCUT2D eigenvalue weighted by molar-refractivity contribution is 7.80. The summed E-state index contributed by atoms with van der Waals surface area (Å²) >= 11 is 5.45. The van der Waals surface area contributed by atoms with E-state index >= 15 is 0 Å². The molecule has 0 amide bonds. The molecule has 2 aromatic rings. The lowest BCUT2D eigenvalue weighted by atomic mass is 10.1. The fourth-order valence-electron chi connectivity index (χ4n) is 2.84. The van der Waals surface area contributed by atoms with Gasteiger partial charge in [-0.15, -0.1) is 0 Å². The Morgan fingerprint density at radius 1 is 1.04 bits per heavy atom. The molecular weight excluding hydrogens is 330 g/mol. The Morgan fingerprint density at radius 2 is 1.68 bits per heavy atom. The van der Waals surface area contributed by atoms with Gasteiger partial charge in [0.15, 0.2) is 5.11 Å². The normalized spacial score (nSPS) is 11.8. The van der Waals surface area contributed by atoms with Crippen molar-refractivity contribution in [2.24, 2.45) is 0 Å². The summed E-state index contributed by atoms with van der Waals surface area (Å²) in [5.74, 6) is 0.829. The third-order valence-electron chi connectivity index (χ3n) is 4.24. The molecule has 0 radical (unpaired) electrons. The van der Waals surface area contributed by atoms with Crippen LogP contribution >= 0.6 is 12.2 Å². The van der Waals surface area contributed by atoms with Crippen LogP contribution in [0, 0.1) is 0 Å². The average Bonchev–Trinajstić information content (AvgIpc) is 2.66. The van der Waals surface area contributed by atoms with Crippen LogP contribution in [0.15, 0.2) is 54.6 Å². The largest absolute Gasteiger partial charge is 0.497 e. The number of anilines is 1. The highest BCUT2D eigenvalue weighted by Crippen LogP contribution is 2.20. The highest BCUT2D eigenvalue weighted by atomic mass is 32.1. The van der Waals surface area contributed by atoms with Crippen LogP contribution in [0.5, 0.6) is 5.75 Å². The maximum atomic E-state index is 5.45. The van der Waals surface area contributed by atoms with Crippen LogP contribution in [0.4, 0.5) is 5.69 Å². The third kappa shape index (κ3) is 5.73. The number of rotatable bonds is 8. The smallest absolute Gasteiger partial charge is 0.170 e. The van der Waals surface area contributed by atoms with E-state index in [9.17, 15) is 0 Å². The van der Waals surface area contributed by atoms with E-state index in [2.05, 4.69) is 53.6 Å². The molecular formula is C20H27N3OS. The lowest BCUT2D eigenvalue weighted by molar-refractivity contribution is 0.219. The van der Waals surface area contributed by atoms with Gasteiger partial charge < -0.3 is 15.4 Å². The fraction of sp³-hybridized carbons (Fsp3) is 0.350. The van der Waals surface area contributed by atoms with E-state index in [0.29, 0.717) is 5.11 Å². The van der Waals surface area contributed by atoms with Crippen LogP contribution in [-0.2, 0) is 0 Å². The Balaban J connectivity index is 1.97. The van der Waals surface area contributed by atoms with Crippen molar-refractivity contribution >= 4 is 23.0 Å². The first-order valence-corrected chi connectivity index (χ1v) is 9.06. The van der Waals surface area contributed by atoms with E-state index < -0.39 is 0 Å². The molecule has 0 spiro atoms. The quantitative estimate of drug-likeness (QED) is 0.697. The second-order valence-electron chi connectivity index (χ2n) is 5.71. The van der Waals surface area contributed by atoms with Crippen molar-refractivity contribution in [3.8, 4) is 5.75 Å². The molecule has 2 rings (SSSR count). The summed E-state index contributed by atoms with van der Waals surface area (Å²) in [5.41, 5.74) is 2.24. The summed E-state index contributed by atoms with van der Waals surface area (Å²) < 4.78 is 5.17. The van der Waals surface area contributed by atoms with Crippen molar-refractivity contribution in [1.82, 2.24) is 10.2 Å². The van der Waals surface area contributed by atoms with Gasteiger partial charge in [-0.25, -0.2) is 0 Å². The van der Waals surface area contributed by atoms with E-state index in [0.717, 1.165) is 31.1 Å². The molecule has 0 bridgehead atoms. The third-order valence-corrected chi connectivity index (χ3v) is 4.49. The number of likely N-dealkylation sites (N-methyl/N-ethyl adjacent to an activating group) is 1. The molecule has 0 unspecified atom stereocenters. The van der Waals surface area contributed by atoms with Crippen LogP contribution in [0.3, 0.4) is 0 Å². The van der Waals surface area contributed by atoms with E-state index in [1.54, 1.807) is 7.11 Å². The van der Waals surface area contributed by atoms with Crippen LogP contribution in [0.25, 0.3) is 0 Å². The lowest BCUT2D eigenvalue weighted by Gasteiger charge is -2.30. The first kappa shape index (κ1) is 19.2. The molecule has 0 fully saturated rings. The summed E-state index contributed by atoms with van der Waals surface area (Å²) in [6.45, 7) is 7.13. The minimum Gasteiger partial charge on any atom is -0.497 e. The molecule has 0 aromatic heterocycles. The zero-order valence-electron chi connectivity index (χ0n) is 15.2. The van der Waals surface area contributed by atoms with Gasteiger partial charge in [-0.1, -0.05) is 44.2 Å². The molecule has 25 heavy (non-hydrogen) atoms. The monoisotopic (exact) mass is 357 g/mol. The minimum absolute atomic E-state index is 0.284. The Labute approximate surface area is 156 Å². The number of hydrogen-bond donors (Lipinski definition) is 2. The van der Waals surface area contributed by atoms with Crippen molar-refractivity contribution in [3.63, 3.8) is 0 Å². The van der Waals surface area contributed by atoms with Crippen molar-refractivity contribution < 1.29 is 4.74 Å². The second-order valence-corrected chi connectivity index (χ2v) is 6.12. The summed E-state index contributed by atoms with van der Waals surface area (Å²) in [5, 5.41) is 7.20. The molecule has 4 nitrogen and oxygen atoms in total. The molecule has 134 valence electrons. The molecule has 0 aliphatic rings. The predicted octanol–water partition coefficient (Wildman–Crippen LogP) is 4.06. The van der Waals surface area contributed by atoms with Gasteiger partial charge in [0.2, 0.25) is 0 Å². The van der Waals surface area contributed by atoms with Crippen molar-refractivity contribution in [2.75, 3.05) is 32.1 Å². The zero-order valence-corrected chi connectivity index (χ0v) is 16.0. The maximum absolute atomic E-state index is 5.45. The Bertz CT molecular complexity index is 642. The Morgan fingerprint density at radius 3 is 2.24 bits per heavy atom. The van der Waals surface area contributed by atoms with E-state index in [4.69, 9.17) is 17.0 Å². The maximum Gasteiger partial charge on any atom is 0.170 e. The van der Waals surface area contributed by atoms with E-state index in [1.165, 1.54) is 5.56 Å². The highest BCUT2D eigenvalue weighted by Gasteiger charge is 2.17. The van der Waals surface area contributed by atoms with Gasteiger partial charge in [0.25, 0.3) is 0 Å². The van der Waals surface area contributed by atoms with Crippen LogP contribution < -0.4 is 15.4 Å². The van der Waals surface area contributed by atoms with E-state index in [-0.39, 0.29) is 6.04 Å². The van der Waals surface area contributed by atoms with Gasteiger partial charge in [-0.05, 0) is 55.1 Å². The number of benzene rings is 2. The molecule has 0 saturated carbocycles. The number of methoxy groups -OCH3 is 1. The minimum atomic E-state index is 0.284. The second kappa shape index (κ2) is 10.0. The lowest BCUT2D eigenvalue weighted by Crippen LogP contribution is -2.39. The van der Waals surface area contributed by atoms with Gasteiger partial charge in [0.1, 0.15) is 5.75 Å². The summed E-state index contributed by atoms with van der Waals surface area (Å²) in [6.07, 6.45) is 0. The average molecular weight is 358 g/mol. The molecule has 0 saturated heterocycles. The summed E-state index contributed by atoms with van der Waals surface area (Å²) in [6, 6.07) is 18.6. The SMILES string of the molecule is CCN(CC)[C@@H](CNC(=S)Nc1ccc(OC)cc1)c1ccccc1. The first-order valence-electron chi connectivity index (χ1n) is 8.65. The number of nitrogens with zero attached hydrogens (tertiary/aromatic N) is 1. The van der Waals surface area contributed by atoms with Crippen LogP contribution in [0.1, 0.15) is 25.5 Å². The fourth-order valence-corrected chi connectivity index (χ4v) is 3.04. The number of nitrogens with one attached hydrogen (secondary N) is 2. The molecule has 1 atom stereocenters. The Hall–Kier alpha value is -2.11. The summed E-state index contributed by atoms with van der Waals surface area (Å²) in [4.78, 5) is 2.43.